The minimum atomic E-state index is 0. The fourth-order valence-electron chi connectivity index (χ4n) is 2.01. The van der Waals surface area contributed by atoms with E-state index in [1.807, 2.05) is 0 Å². The Balaban J connectivity index is 0.000000500. The summed E-state index contributed by atoms with van der Waals surface area (Å²) >= 11 is 0. The topological polar surface area (TPSA) is 38.0 Å². The first-order chi connectivity index (χ1) is 4.33. The summed E-state index contributed by atoms with van der Waals surface area (Å²) in [6.07, 6.45) is 3.93. The Kier molecular flexibility index (Phi) is 2.23. The molecular formula is C7H15ClN2. The maximum atomic E-state index is 5.88. The van der Waals surface area contributed by atoms with Gasteiger partial charge in [0.25, 0.3) is 0 Å². The third-order valence-electron chi connectivity index (χ3n) is 3.02. The van der Waals surface area contributed by atoms with Crippen LogP contribution < -0.4 is 11.1 Å². The van der Waals surface area contributed by atoms with Gasteiger partial charge in [0.15, 0.2) is 0 Å². The van der Waals surface area contributed by atoms with E-state index in [0.29, 0.717) is 11.5 Å². The molecule has 0 aromatic rings. The van der Waals surface area contributed by atoms with Crippen LogP contribution in [-0.4, -0.2) is 19.1 Å². The second-order valence-electron chi connectivity index (χ2n) is 3.43. The van der Waals surface area contributed by atoms with Crippen molar-refractivity contribution in [2.75, 3.05) is 13.1 Å². The number of hydrogen-bond donors (Lipinski definition) is 2. The van der Waals surface area contributed by atoms with Gasteiger partial charge in [0.05, 0.1) is 0 Å². The molecule has 1 saturated heterocycles. The Morgan fingerprint density at radius 2 is 2.20 bits per heavy atom. The first kappa shape index (κ1) is 8.31. The minimum Gasteiger partial charge on any atom is -0.327 e. The normalized spacial score (nSPS) is 44.7. The van der Waals surface area contributed by atoms with Crippen LogP contribution in [0.3, 0.4) is 0 Å². The quantitative estimate of drug-likeness (QED) is 0.545. The van der Waals surface area contributed by atoms with Crippen molar-refractivity contribution in [3.05, 3.63) is 0 Å². The highest BCUT2D eigenvalue weighted by molar-refractivity contribution is 5.85. The first-order valence-corrected chi connectivity index (χ1v) is 3.80. The van der Waals surface area contributed by atoms with Crippen LogP contribution >= 0.6 is 12.4 Å². The van der Waals surface area contributed by atoms with E-state index < -0.39 is 0 Å². The van der Waals surface area contributed by atoms with Gasteiger partial charge in [-0.05, 0) is 31.2 Å². The fourth-order valence-corrected chi connectivity index (χ4v) is 2.01. The van der Waals surface area contributed by atoms with Crippen molar-refractivity contribution < 1.29 is 0 Å². The van der Waals surface area contributed by atoms with E-state index in [1.165, 1.54) is 32.4 Å². The summed E-state index contributed by atoms with van der Waals surface area (Å²) in [5, 5.41) is 3.37. The second kappa shape index (κ2) is 2.68. The summed E-state index contributed by atoms with van der Waals surface area (Å²) in [5.74, 6) is 0. The molecule has 2 unspecified atom stereocenters. The molecule has 1 aliphatic heterocycles. The van der Waals surface area contributed by atoms with E-state index in [9.17, 15) is 0 Å². The van der Waals surface area contributed by atoms with E-state index in [0.717, 1.165) is 0 Å². The zero-order valence-electron chi connectivity index (χ0n) is 6.10. The molecule has 2 fully saturated rings. The second-order valence-corrected chi connectivity index (χ2v) is 3.43. The molecule has 2 atom stereocenters. The van der Waals surface area contributed by atoms with Gasteiger partial charge in [0.1, 0.15) is 0 Å². The van der Waals surface area contributed by atoms with Gasteiger partial charge in [-0.2, -0.15) is 0 Å². The molecule has 0 radical (unpaired) electrons. The summed E-state index contributed by atoms with van der Waals surface area (Å²) < 4.78 is 0. The Morgan fingerprint density at radius 1 is 1.40 bits per heavy atom. The molecule has 0 bridgehead atoms. The molecule has 0 aromatic carbocycles. The molecule has 3 heteroatoms. The standard InChI is InChI=1S/C7H14N2.ClH/c8-6-1-2-7(6)3-4-9-5-7;/h6,9H,1-5,8H2;1H. The van der Waals surface area contributed by atoms with E-state index >= 15 is 0 Å². The van der Waals surface area contributed by atoms with Gasteiger partial charge in [0, 0.05) is 12.6 Å². The predicted octanol–water partition coefficient (Wildman–Crippen LogP) is 0.509. The van der Waals surface area contributed by atoms with Crippen LogP contribution in [0.25, 0.3) is 0 Å². The molecule has 1 spiro atoms. The zero-order chi connectivity index (χ0) is 6.32. The van der Waals surface area contributed by atoms with Gasteiger partial charge in [-0.15, -0.1) is 12.4 Å². The molecule has 60 valence electrons. The van der Waals surface area contributed by atoms with E-state index in [1.54, 1.807) is 0 Å². The molecule has 1 aliphatic carbocycles. The first-order valence-electron chi connectivity index (χ1n) is 3.80. The van der Waals surface area contributed by atoms with E-state index in [2.05, 4.69) is 5.32 Å². The highest BCUT2D eigenvalue weighted by Crippen LogP contribution is 2.44. The molecule has 2 nitrogen and oxygen atoms in total. The highest BCUT2D eigenvalue weighted by atomic mass is 35.5. The van der Waals surface area contributed by atoms with Crippen LogP contribution in [0, 0.1) is 5.41 Å². The predicted molar refractivity (Wildman–Crippen MR) is 44.4 cm³/mol. The van der Waals surface area contributed by atoms with E-state index in [-0.39, 0.29) is 12.4 Å². The Bertz CT molecular complexity index is 121. The van der Waals surface area contributed by atoms with E-state index in [4.69, 9.17) is 5.73 Å². The Labute approximate surface area is 68.0 Å². The molecule has 3 N–H and O–H groups in total. The van der Waals surface area contributed by atoms with Crippen molar-refractivity contribution in [1.82, 2.24) is 5.32 Å². The van der Waals surface area contributed by atoms with Gasteiger partial charge in [-0.1, -0.05) is 0 Å². The maximum Gasteiger partial charge on any atom is 0.0108 e. The number of nitrogens with two attached hydrogens (primary N) is 1. The highest BCUT2D eigenvalue weighted by Gasteiger charge is 2.46. The van der Waals surface area contributed by atoms with Crippen molar-refractivity contribution >= 4 is 12.4 Å². The van der Waals surface area contributed by atoms with Gasteiger partial charge in [-0.25, -0.2) is 0 Å². The zero-order valence-corrected chi connectivity index (χ0v) is 6.91. The van der Waals surface area contributed by atoms with Gasteiger partial charge in [-0.3, -0.25) is 0 Å². The van der Waals surface area contributed by atoms with Crippen LogP contribution in [-0.2, 0) is 0 Å². The smallest absolute Gasteiger partial charge is 0.0108 e. The van der Waals surface area contributed by atoms with Gasteiger partial charge >= 0.3 is 0 Å². The summed E-state index contributed by atoms with van der Waals surface area (Å²) in [6.45, 7) is 2.36. The van der Waals surface area contributed by atoms with Gasteiger partial charge < -0.3 is 11.1 Å². The maximum absolute atomic E-state index is 5.88. The SMILES string of the molecule is Cl.NC1CCC12CCNC2. The van der Waals surface area contributed by atoms with Crippen molar-refractivity contribution in [2.24, 2.45) is 11.1 Å². The summed E-state index contributed by atoms with van der Waals surface area (Å²) in [4.78, 5) is 0. The summed E-state index contributed by atoms with van der Waals surface area (Å²) in [5.41, 5.74) is 6.42. The third-order valence-corrected chi connectivity index (χ3v) is 3.02. The lowest BCUT2D eigenvalue weighted by molar-refractivity contribution is 0.119. The Hall–Kier alpha value is 0.210. The number of rotatable bonds is 0. The Morgan fingerprint density at radius 3 is 2.40 bits per heavy atom. The van der Waals surface area contributed by atoms with Crippen molar-refractivity contribution in [3.8, 4) is 0 Å². The van der Waals surface area contributed by atoms with Crippen LogP contribution in [0.5, 0.6) is 0 Å². The lowest BCUT2D eigenvalue weighted by Gasteiger charge is -2.44. The summed E-state index contributed by atoms with van der Waals surface area (Å²) in [6, 6.07) is 0.507. The number of hydrogen-bond acceptors (Lipinski definition) is 2. The molecule has 1 heterocycles. The average Bonchev–Trinajstić information content (AvgIpc) is 2.34. The van der Waals surface area contributed by atoms with Crippen molar-refractivity contribution in [2.45, 2.75) is 25.3 Å². The average molecular weight is 163 g/mol. The lowest BCUT2D eigenvalue weighted by Crippen LogP contribution is -2.51. The van der Waals surface area contributed by atoms with Crippen molar-refractivity contribution in [3.63, 3.8) is 0 Å². The fraction of sp³-hybridized carbons (Fsp3) is 1.00. The molecular weight excluding hydrogens is 148 g/mol. The number of nitrogens with one attached hydrogen (secondary N) is 1. The molecule has 1 saturated carbocycles. The van der Waals surface area contributed by atoms with Crippen LogP contribution in [0.15, 0.2) is 0 Å². The molecule has 2 aliphatic rings. The largest absolute Gasteiger partial charge is 0.327 e. The minimum absolute atomic E-state index is 0. The summed E-state index contributed by atoms with van der Waals surface area (Å²) in [7, 11) is 0. The van der Waals surface area contributed by atoms with Crippen LogP contribution in [0.4, 0.5) is 0 Å². The molecule has 0 aromatic heterocycles. The molecule has 2 rings (SSSR count). The third kappa shape index (κ3) is 0.949. The lowest BCUT2D eigenvalue weighted by atomic mass is 9.64. The van der Waals surface area contributed by atoms with Crippen molar-refractivity contribution in [1.29, 1.82) is 0 Å². The number of halogens is 1. The van der Waals surface area contributed by atoms with Gasteiger partial charge in [0.2, 0.25) is 0 Å². The molecule has 0 amide bonds. The molecule has 10 heavy (non-hydrogen) atoms. The monoisotopic (exact) mass is 162 g/mol. The van der Waals surface area contributed by atoms with Crippen LogP contribution in [0.1, 0.15) is 19.3 Å². The van der Waals surface area contributed by atoms with Crippen LogP contribution in [0.2, 0.25) is 0 Å².